The Morgan fingerprint density at radius 2 is 1.68 bits per heavy atom. The van der Waals surface area contributed by atoms with Crippen molar-refractivity contribution in [1.82, 2.24) is 19.3 Å². The molecule has 6 nitrogen and oxygen atoms in total. The summed E-state index contributed by atoms with van der Waals surface area (Å²) >= 11 is 0. The van der Waals surface area contributed by atoms with Gasteiger partial charge in [0, 0.05) is 0 Å². The van der Waals surface area contributed by atoms with Gasteiger partial charge in [-0.2, -0.15) is 5.10 Å². The lowest BCUT2D eigenvalue weighted by Crippen LogP contribution is -2.23. The highest BCUT2D eigenvalue weighted by Crippen LogP contribution is 2.17. The second-order valence-electron chi connectivity index (χ2n) is 7.04. The van der Waals surface area contributed by atoms with Crippen LogP contribution in [0.3, 0.4) is 0 Å². The van der Waals surface area contributed by atoms with Crippen molar-refractivity contribution in [1.29, 1.82) is 0 Å². The van der Waals surface area contributed by atoms with Gasteiger partial charge in [-0.15, -0.1) is 0 Å². The Bertz CT molecular complexity index is 1170. The largest absolute Gasteiger partial charge is 0.492 e. The fourth-order valence-corrected chi connectivity index (χ4v) is 3.27. The van der Waals surface area contributed by atoms with Crippen LogP contribution in [0, 0.1) is 20.8 Å². The molecule has 0 saturated heterocycles. The van der Waals surface area contributed by atoms with Gasteiger partial charge in [0.2, 0.25) is 0 Å². The van der Waals surface area contributed by atoms with Gasteiger partial charge in [-0.05, 0) is 56.2 Å². The molecule has 0 radical (unpaired) electrons. The predicted octanol–water partition coefficient (Wildman–Crippen LogP) is 3.59. The lowest BCUT2D eigenvalue weighted by molar-refractivity contribution is 0.296. The zero-order valence-electron chi connectivity index (χ0n) is 16.2. The summed E-state index contributed by atoms with van der Waals surface area (Å²) in [5.41, 5.74) is 4.80. The number of benzene rings is 2. The molecule has 0 bridgehead atoms. The van der Waals surface area contributed by atoms with Crippen LogP contribution in [-0.2, 0) is 6.54 Å². The van der Waals surface area contributed by atoms with Crippen molar-refractivity contribution >= 4 is 11.0 Å². The molecule has 2 heterocycles. The fourth-order valence-electron chi connectivity index (χ4n) is 3.27. The summed E-state index contributed by atoms with van der Waals surface area (Å²) in [6, 6.07) is 14.0. The van der Waals surface area contributed by atoms with Crippen molar-refractivity contribution in [2.75, 3.05) is 6.61 Å². The minimum Gasteiger partial charge on any atom is -0.492 e. The summed E-state index contributed by atoms with van der Waals surface area (Å²) in [6.45, 7) is 6.92. The summed E-state index contributed by atoms with van der Waals surface area (Å²) in [5, 5.41) is 4.89. The quantitative estimate of drug-likeness (QED) is 0.536. The van der Waals surface area contributed by atoms with Crippen molar-refractivity contribution in [3.63, 3.8) is 0 Å². The second kappa shape index (κ2) is 7.31. The Balaban J connectivity index is 1.58. The van der Waals surface area contributed by atoms with Gasteiger partial charge in [0.15, 0.2) is 5.65 Å². The molecule has 0 aliphatic rings. The van der Waals surface area contributed by atoms with E-state index in [-0.39, 0.29) is 5.56 Å². The molecule has 6 heteroatoms. The second-order valence-corrected chi connectivity index (χ2v) is 7.04. The summed E-state index contributed by atoms with van der Waals surface area (Å²) in [4.78, 5) is 17.3. The van der Waals surface area contributed by atoms with Crippen LogP contribution in [-0.4, -0.2) is 25.9 Å². The molecule has 0 N–H and O–H groups in total. The molecule has 0 saturated carbocycles. The van der Waals surface area contributed by atoms with Gasteiger partial charge in [-0.3, -0.25) is 9.36 Å². The van der Waals surface area contributed by atoms with E-state index in [1.54, 1.807) is 21.8 Å². The maximum atomic E-state index is 12.8. The van der Waals surface area contributed by atoms with E-state index in [1.165, 1.54) is 5.56 Å². The molecule has 28 heavy (non-hydrogen) atoms. The first-order chi connectivity index (χ1) is 13.5. The van der Waals surface area contributed by atoms with Crippen molar-refractivity contribution < 1.29 is 4.74 Å². The molecule has 0 aliphatic carbocycles. The monoisotopic (exact) mass is 374 g/mol. The first kappa shape index (κ1) is 18.0. The Morgan fingerprint density at radius 3 is 2.39 bits per heavy atom. The average Bonchev–Trinajstić information content (AvgIpc) is 3.09. The van der Waals surface area contributed by atoms with Crippen LogP contribution < -0.4 is 10.3 Å². The molecule has 0 aliphatic heterocycles. The average molecular weight is 374 g/mol. The van der Waals surface area contributed by atoms with Gasteiger partial charge in [-0.1, -0.05) is 23.8 Å². The third kappa shape index (κ3) is 3.53. The molecule has 0 atom stereocenters. The molecule has 142 valence electrons. The van der Waals surface area contributed by atoms with Crippen LogP contribution in [0.1, 0.15) is 16.7 Å². The minimum absolute atomic E-state index is 0.117. The van der Waals surface area contributed by atoms with E-state index in [0.29, 0.717) is 24.2 Å². The number of aryl methyl sites for hydroxylation is 3. The Hall–Kier alpha value is -3.41. The number of aromatic nitrogens is 4. The van der Waals surface area contributed by atoms with E-state index in [4.69, 9.17) is 4.74 Å². The topological polar surface area (TPSA) is 61.9 Å². The fraction of sp³-hybridized carbons (Fsp3) is 0.227. The van der Waals surface area contributed by atoms with Crippen molar-refractivity contribution in [3.05, 3.63) is 82.0 Å². The maximum absolute atomic E-state index is 12.8. The predicted molar refractivity (Wildman–Crippen MR) is 109 cm³/mol. The molecule has 2 aromatic heterocycles. The van der Waals surface area contributed by atoms with Gasteiger partial charge in [0.05, 0.1) is 18.4 Å². The lowest BCUT2D eigenvalue weighted by atomic mass is 10.1. The molecule has 0 fully saturated rings. The molecule has 2 aromatic carbocycles. The molecule has 0 spiro atoms. The van der Waals surface area contributed by atoms with Gasteiger partial charge in [-0.25, -0.2) is 9.67 Å². The van der Waals surface area contributed by atoms with Gasteiger partial charge in [0.25, 0.3) is 5.56 Å². The standard InChI is InChI=1S/C22H22N4O2/c1-15-4-6-19(7-5-15)28-9-8-25-14-23-21-20(22(25)27)13-24-26(21)18-11-16(2)10-17(3)12-18/h4-7,10-14H,8-9H2,1-3H3. The third-order valence-corrected chi connectivity index (χ3v) is 4.63. The Kier molecular flexibility index (Phi) is 4.69. The van der Waals surface area contributed by atoms with E-state index >= 15 is 0 Å². The maximum Gasteiger partial charge on any atom is 0.264 e. The first-order valence-electron chi connectivity index (χ1n) is 9.22. The molecular weight excluding hydrogens is 352 g/mol. The van der Waals surface area contributed by atoms with Crippen molar-refractivity contribution in [2.45, 2.75) is 27.3 Å². The molecular formula is C22H22N4O2. The lowest BCUT2D eigenvalue weighted by Gasteiger charge is -2.09. The van der Waals surface area contributed by atoms with Gasteiger partial charge >= 0.3 is 0 Å². The number of rotatable bonds is 5. The zero-order chi connectivity index (χ0) is 19.7. The number of ether oxygens (including phenoxy) is 1. The summed E-state index contributed by atoms with van der Waals surface area (Å²) in [7, 11) is 0. The Morgan fingerprint density at radius 1 is 0.964 bits per heavy atom. The molecule has 0 unspecified atom stereocenters. The third-order valence-electron chi connectivity index (χ3n) is 4.63. The normalized spacial score (nSPS) is 11.1. The highest BCUT2D eigenvalue weighted by Gasteiger charge is 2.12. The summed E-state index contributed by atoms with van der Waals surface area (Å²) < 4.78 is 9.00. The zero-order valence-corrected chi connectivity index (χ0v) is 16.2. The van der Waals surface area contributed by atoms with Crippen LogP contribution in [0.4, 0.5) is 0 Å². The SMILES string of the molecule is Cc1ccc(OCCn2cnc3c(cnn3-c3cc(C)cc(C)c3)c2=O)cc1. The number of fused-ring (bicyclic) bond motifs is 1. The minimum atomic E-state index is -0.117. The van der Waals surface area contributed by atoms with E-state index in [2.05, 4.69) is 16.1 Å². The first-order valence-corrected chi connectivity index (χ1v) is 9.22. The Labute approximate surface area is 163 Å². The summed E-state index contributed by atoms with van der Waals surface area (Å²) in [5.74, 6) is 0.787. The van der Waals surface area contributed by atoms with Crippen LogP contribution in [0.5, 0.6) is 5.75 Å². The summed E-state index contributed by atoms with van der Waals surface area (Å²) in [6.07, 6.45) is 3.14. The van der Waals surface area contributed by atoms with E-state index in [1.807, 2.05) is 57.2 Å². The van der Waals surface area contributed by atoms with Crippen LogP contribution in [0.2, 0.25) is 0 Å². The molecule has 4 rings (SSSR count). The van der Waals surface area contributed by atoms with Crippen LogP contribution in [0.15, 0.2) is 59.8 Å². The van der Waals surface area contributed by atoms with Crippen molar-refractivity contribution in [2.24, 2.45) is 0 Å². The highest BCUT2D eigenvalue weighted by molar-refractivity contribution is 5.75. The van der Waals surface area contributed by atoms with Gasteiger partial charge < -0.3 is 4.74 Å². The van der Waals surface area contributed by atoms with E-state index in [9.17, 15) is 4.79 Å². The smallest absolute Gasteiger partial charge is 0.264 e. The molecule has 4 aromatic rings. The van der Waals surface area contributed by atoms with Crippen LogP contribution >= 0.6 is 0 Å². The molecule has 0 amide bonds. The van der Waals surface area contributed by atoms with E-state index < -0.39 is 0 Å². The van der Waals surface area contributed by atoms with E-state index in [0.717, 1.165) is 22.6 Å². The van der Waals surface area contributed by atoms with Crippen molar-refractivity contribution in [3.8, 4) is 11.4 Å². The highest BCUT2D eigenvalue weighted by atomic mass is 16.5. The number of hydrogen-bond donors (Lipinski definition) is 0. The van der Waals surface area contributed by atoms with Gasteiger partial charge in [0.1, 0.15) is 24.1 Å². The number of hydrogen-bond acceptors (Lipinski definition) is 4. The van der Waals surface area contributed by atoms with Crippen LogP contribution in [0.25, 0.3) is 16.7 Å². The number of nitrogens with zero attached hydrogens (tertiary/aromatic N) is 4.